The summed E-state index contributed by atoms with van der Waals surface area (Å²) in [5, 5.41) is 2.73. The van der Waals surface area contributed by atoms with Gasteiger partial charge in [-0.25, -0.2) is 4.98 Å². The van der Waals surface area contributed by atoms with Crippen LogP contribution in [0, 0.1) is 6.92 Å². The van der Waals surface area contributed by atoms with Gasteiger partial charge < -0.3 is 9.64 Å². The normalized spacial score (nSPS) is 18.8. The van der Waals surface area contributed by atoms with E-state index in [-0.39, 0.29) is 12.0 Å². The lowest BCUT2D eigenvalue weighted by atomic mass is 9.94. The van der Waals surface area contributed by atoms with Gasteiger partial charge in [0.1, 0.15) is 16.8 Å². The van der Waals surface area contributed by atoms with Gasteiger partial charge in [0.25, 0.3) is 5.91 Å². The second kappa shape index (κ2) is 7.45. The predicted octanol–water partition coefficient (Wildman–Crippen LogP) is 4.18. The predicted molar refractivity (Wildman–Crippen MR) is 96.6 cm³/mol. The first-order valence-electron chi connectivity index (χ1n) is 8.52. The molecule has 1 fully saturated rings. The lowest BCUT2D eigenvalue weighted by Crippen LogP contribution is -2.28. The van der Waals surface area contributed by atoms with Gasteiger partial charge in [-0.15, -0.1) is 11.3 Å². The lowest BCUT2D eigenvalue weighted by Gasteiger charge is -2.16. The van der Waals surface area contributed by atoms with Crippen molar-refractivity contribution in [3.05, 3.63) is 51.5 Å². The standard InChI is InChI=1S/C19H24N2O2S/c1-4-23-14(3)18-20-17(12-24-18)19(22)21-10-9-15(11-21)16-8-6-5-7-13(16)2/h5-8,12,14-15H,4,9-11H2,1-3H3/t14-,15+/m0/s1. The summed E-state index contributed by atoms with van der Waals surface area (Å²) < 4.78 is 5.56. The maximum absolute atomic E-state index is 12.7. The highest BCUT2D eigenvalue weighted by Crippen LogP contribution is 2.30. The van der Waals surface area contributed by atoms with E-state index in [1.807, 2.05) is 24.1 Å². The number of amides is 1. The van der Waals surface area contributed by atoms with Crippen LogP contribution in [0.4, 0.5) is 0 Å². The third-order valence-corrected chi connectivity index (χ3v) is 5.62. The van der Waals surface area contributed by atoms with Crippen LogP contribution in [0.15, 0.2) is 29.6 Å². The number of benzene rings is 1. The van der Waals surface area contributed by atoms with Crippen molar-refractivity contribution in [2.75, 3.05) is 19.7 Å². The van der Waals surface area contributed by atoms with Crippen LogP contribution in [-0.4, -0.2) is 35.5 Å². The van der Waals surface area contributed by atoms with Gasteiger partial charge in [0.05, 0.1) is 0 Å². The number of hydrogen-bond donors (Lipinski definition) is 0. The van der Waals surface area contributed by atoms with Crippen LogP contribution in [0.1, 0.15) is 58.9 Å². The molecule has 1 aromatic heterocycles. The maximum atomic E-state index is 12.7. The minimum Gasteiger partial charge on any atom is -0.372 e. The summed E-state index contributed by atoms with van der Waals surface area (Å²) in [6, 6.07) is 8.46. The van der Waals surface area contributed by atoms with E-state index in [4.69, 9.17) is 4.74 Å². The summed E-state index contributed by atoms with van der Waals surface area (Å²) in [6.07, 6.45) is 0.961. The fourth-order valence-corrected chi connectivity index (χ4v) is 4.10. The Hall–Kier alpha value is -1.72. The van der Waals surface area contributed by atoms with Gasteiger partial charge in [-0.1, -0.05) is 24.3 Å². The van der Waals surface area contributed by atoms with E-state index in [1.54, 1.807) is 0 Å². The van der Waals surface area contributed by atoms with E-state index in [0.29, 0.717) is 18.2 Å². The molecule has 0 radical (unpaired) electrons. The Morgan fingerprint density at radius 3 is 3.00 bits per heavy atom. The molecule has 2 atom stereocenters. The topological polar surface area (TPSA) is 42.4 Å². The summed E-state index contributed by atoms with van der Waals surface area (Å²) >= 11 is 1.50. The highest BCUT2D eigenvalue weighted by molar-refractivity contribution is 7.09. The van der Waals surface area contributed by atoms with Crippen LogP contribution >= 0.6 is 11.3 Å². The van der Waals surface area contributed by atoms with Gasteiger partial charge in [0.2, 0.25) is 0 Å². The quantitative estimate of drug-likeness (QED) is 0.817. The second-order valence-corrected chi connectivity index (χ2v) is 7.15. The average molecular weight is 344 g/mol. The first-order valence-corrected chi connectivity index (χ1v) is 9.40. The van der Waals surface area contributed by atoms with E-state index < -0.39 is 0 Å². The van der Waals surface area contributed by atoms with Crippen LogP contribution in [-0.2, 0) is 4.74 Å². The molecule has 0 unspecified atom stereocenters. The molecule has 2 aromatic rings. The van der Waals surface area contributed by atoms with E-state index in [0.717, 1.165) is 24.5 Å². The Bertz CT molecular complexity index is 713. The summed E-state index contributed by atoms with van der Waals surface area (Å²) in [5.41, 5.74) is 3.21. The van der Waals surface area contributed by atoms with Crippen LogP contribution in [0.2, 0.25) is 0 Å². The van der Waals surface area contributed by atoms with Crippen molar-refractivity contribution in [3.8, 4) is 0 Å². The van der Waals surface area contributed by atoms with Crippen molar-refractivity contribution in [2.24, 2.45) is 0 Å². The van der Waals surface area contributed by atoms with E-state index in [9.17, 15) is 4.79 Å². The molecule has 0 saturated carbocycles. The summed E-state index contributed by atoms with van der Waals surface area (Å²) in [7, 11) is 0. The first kappa shape index (κ1) is 17.1. The molecule has 1 aliphatic heterocycles. The fraction of sp³-hybridized carbons (Fsp3) is 0.474. The average Bonchev–Trinajstić information content (AvgIpc) is 3.25. The number of thiazole rings is 1. The second-order valence-electron chi connectivity index (χ2n) is 6.26. The Kier molecular flexibility index (Phi) is 5.31. The van der Waals surface area contributed by atoms with Crippen LogP contribution < -0.4 is 0 Å². The van der Waals surface area contributed by atoms with Crippen molar-refractivity contribution in [1.29, 1.82) is 0 Å². The smallest absolute Gasteiger partial charge is 0.273 e. The van der Waals surface area contributed by atoms with Gasteiger partial charge >= 0.3 is 0 Å². The Balaban J connectivity index is 1.68. The monoisotopic (exact) mass is 344 g/mol. The zero-order chi connectivity index (χ0) is 17.1. The number of carbonyl (C=O) groups is 1. The molecule has 5 heteroatoms. The van der Waals surface area contributed by atoms with E-state index >= 15 is 0 Å². The van der Waals surface area contributed by atoms with Gasteiger partial charge in [-0.05, 0) is 38.3 Å². The molecular weight excluding hydrogens is 320 g/mol. The third kappa shape index (κ3) is 3.52. The minimum atomic E-state index is -0.0557. The Morgan fingerprint density at radius 2 is 2.25 bits per heavy atom. The van der Waals surface area contributed by atoms with Crippen molar-refractivity contribution in [1.82, 2.24) is 9.88 Å². The number of rotatable bonds is 5. The molecule has 1 aliphatic rings. The van der Waals surface area contributed by atoms with Crippen molar-refractivity contribution >= 4 is 17.2 Å². The van der Waals surface area contributed by atoms with Crippen molar-refractivity contribution in [3.63, 3.8) is 0 Å². The number of likely N-dealkylation sites (tertiary alicyclic amines) is 1. The summed E-state index contributed by atoms with van der Waals surface area (Å²) in [4.78, 5) is 19.2. The largest absolute Gasteiger partial charge is 0.372 e. The van der Waals surface area contributed by atoms with Crippen LogP contribution in [0.25, 0.3) is 0 Å². The molecule has 128 valence electrons. The molecule has 0 bridgehead atoms. The van der Waals surface area contributed by atoms with E-state index in [2.05, 4.69) is 36.2 Å². The number of nitrogens with zero attached hydrogens (tertiary/aromatic N) is 2. The molecule has 1 amide bonds. The zero-order valence-corrected chi connectivity index (χ0v) is 15.3. The number of aromatic nitrogens is 1. The molecule has 3 rings (SSSR count). The van der Waals surface area contributed by atoms with Gasteiger partial charge in [0.15, 0.2) is 0 Å². The van der Waals surface area contributed by atoms with Gasteiger partial charge in [-0.3, -0.25) is 4.79 Å². The fourth-order valence-electron chi connectivity index (χ4n) is 3.30. The molecular formula is C19H24N2O2S. The minimum absolute atomic E-state index is 0.0392. The number of hydrogen-bond acceptors (Lipinski definition) is 4. The SMILES string of the molecule is CCO[C@@H](C)c1nc(C(=O)N2CC[C@@H](c3ccccc3C)C2)cs1. The molecule has 1 saturated heterocycles. The van der Waals surface area contributed by atoms with Crippen molar-refractivity contribution in [2.45, 2.75) is 39.2 Å². The van der Waals surface area contributed by atoms with Gasteiger partial charge in [-0.2, -0.15) is 0 Å². The molecule has 2 heterocycles. The molecule has 1 aromatic carbocycles. The Morgan fingerprint density at radius 1 is 1.46 bits per heavy atom. The number of ether oxygens (including phenoxy) is 1. The molecule has 0 N–H and O–H groups in total. The molecule has 0 spiro atoms. The highest BCUT2D eigenvalue weighted by Gasteiger charge is 2.30. The molecule has 24 heavy (non-hydrogen) atoms. The van der Waals surface area contributed by atoms with Crippen LogP contribution in [0.3, 0.4) is 0 Å². The maximum Gasteiger partial charge on any atom is 0.273 e. The molecule has 4 nitrogen and oxygen atoms in total. The number of aryl methyl sites for hydroxylation is 1. The summed E-state index contributed by atoms with van der Waals surface area (Å²) in [5.74, 6) is 0.466. The lowest BCUT2D eigenvalue weighted by molar-refractivity contribution is 0.0746. The Labute approximate surface area is 147 Å². The van der Waals surface area contributed by atoms with Gasteiger partial charge in [0, 0.05) is 31.0 Å². The van der Waals surface area contributed by atoms with E-state index in [1.165, 1.54) is 22.5 Å². The molecule has 0 aliphatic carbocycles. The number of carbonyl (C=O) groups excluding carboxylic acids is 1. The first-order chi connectivity index (χ1) is 11.6. The zero-order valence-electron chi connectivity index (χ0n) is 14.5. The third-order valence-electron chi connectivity index (χ3n) is 4.61. The van der Waals surface area contributed by atoms with Crippen LogP contribution in [0.5, 0.6) is 0 Å². The highest BCUT2D eigenvalue weighted by atomic mass is 32.1. The summed E-state index contributed by atoms with van der Waals surface area (Å²) in [6.45, 7) is 8.30. The van der Waals surface area contributed by atoms with Crippen molar-refractivity contribution < 1.29 is 9.53 Å².